The van der Waals surface area contributed by atoms with Crippen LogP contribution in [-0.2, 0) is 13.6 Å². The molecule has 2 rings (SSSR count). The molecule has 0 aliphatic heterocycles. The van der Waals surface area contributed by atoms with Gasteiger partial charge in [-0.3, -0.25) is 9.58 Å². The first-order valence-corrected chi connectivity index (χ1v) is 6.83. The molecule has 0 spiro atoms. The van der Waals surface area contributed by atoms with Gasteiger partial charge in [-0.2, -0.15) is 5.10 Å². The molecule has 0 fully saturated rings. The van der Waals surface area contributed by atoms with Gasteiger partial charge in [-0.25, -0.2) is 8.78 Å². The normalized spacial score (nSPS) is 12.9. The Morgan fingerprint density at radius 2 is 2.00 bits per heavy atom. The van der Waals surface area contributed by atoms with Gasteiger partial charge in [0.25, 0.3) is 0 Å². The Labute approximate surface area is 122 Å². The van der Waals surface area contributed by atoms with Crippen LogP contribution in [0.2, 0.25) is 0 Å². The van der Waals surface area contributed by atoms with Crippen LogP contribution < -0.4 is 0 Å². The highest BCUT2D eigenvalue weighted by molar-refractivity contribution is 5.22. The predicted molar refractivity (Wildman–Crippen MR) is 75.5 cm³/mol. The SMILES string of the molecule is CCN(Cc1cnn(C)c1)CC(O)c1c(F)cccc1F. The van der Waals surface area contributed by atoms with E-state index in [0.717, 1.165) is 17.7 Å². The number of nitrogens with zero attached hydrogens (tertiary/aromatic N) is 3. The number of hydrogen-bond acceptors (Lipinski definition) is 3. The lowest BCUT2D eigenvalue weighted by Crippen LogP contribution is -2.28. The third-order valence-corrected chi connectivity index (χ3v) is 3.38. The van der Waals surface area contributed by atoms with E-state index >= 15 is 0 Å². The van der Waals surface area contributed by atoms with Crippen LogP contribution >= 0.6 is 0 Å². The molecule has 1 atom stereocenters. The summed E-state index contributed by atoms with van der Waals surface area (Å²) in [6.45, 7) is 3.31. The van der Waals surface area contributed by atoms with Crippen molar-refractivity contribution in [3.8, 4) is 0 Å². The summed E-state index contributed by atoms with van der Waals surface area (Å²) in [6.07, 6.45) is 2.40. The average molecular weight is 295 g/mol. The van der Waals surface area contributed by atoms with Crippen molar-refractivity contribution >= 4 is 0 Å². The minimum atomic E-state index is -1.21. The molecule has 0 saturated heterocycles. The number of rotatable bonds is 6. The van der Waals surface area contributed by atoms with Crippen molar-refractivity contribution < 1.29 is 13.9 Å². The van der Waals surface area contributed by atoms with Gasteiger partial charge in [-0.05, 0) is 18.7 Å². The molecule has 21 heavy (non-hydrogen) atoms. The summed E-state index contributed by atoms with van der Waals surface area (Å²) in [5.74, 6) is -1.44. The summed E-state index contributed by atoms with van der Waals surface area (Å²) in [7, 11) is 1.82. The van der Waals surface area contributed by atoms with Gasteiger partial charge in [0.05, 0.1) is 17.9 Å². The van der Waals surface area contributed by atoms with Crippen molar-refractivity contribution in [3.05, 3.63) is 53.4 Å². The summed E-state index contributed by atoms with van der Waals surface area (Å²) in [5.41, 5.74) is 0.711. The van der Waals surface area contributed by atoms with Crippen LogP contribution in [0.5, 0.6) is 0 Å². The first-order valence-electron chi connectivity index (χ1n) is 6.83. The first-order chi connectivity index (χ1) is 10.0. The summed E-state index contributed by atoms with van der Waals surface area (Å²) < 4.78 is 29.0. The van der Waals surface area contributed by atoms with E-state index in [0.29, 0.717) is 13.1 Å². The molecule has 0 saturated carbocycles. The maximum atomic E-state index is 13.7. The van der Waals surface area contributed by atoms with Gasteiger partial charge in [-0.15, -0.1) is 0 Å². The fourth-order valence-electron chi connectivity index (χ4n) is 2.28. The molecule has 0 amide bonds. The second kappa shape index (κ2) is 6.78. The van der Waals surface area contributed by atoms with Gasteiger partial charge in [0.15, 0.2) is 0 Å². The molecule has 1 aromatic heterocycles. The zero-order valence-corrected chi connectivity index (χ0v) is 12.1. The van der Waals surface area contributed by atoms with Crippen molar-refractivity contribution in [1.82, 2.24) is 14.7 Å². The second-order valence-corrected chi connectivity index (χ2v) is 5.00. The third-order valence-electron chi connectivity index (χ3n) is 3.38. The lowest BCUT2D eigenvalue weighted by molar-refractivity contribution is 0.106. The van der Waals surface area contributed by atoms with Crippen molar-refractivity contribution in [2.45, 2.75) is 19.6 Å². The molecule has 0 bridgehead atoms. The van der Waals surface area contributed by atoms with E-state index in [9.17, 15) is 13.9 Å². The number of aliphatic hydroxyl groups is 1. The Bertz CT molecular complexity index is 580. The van der Waals surface area contributed by atoms with Crippen molar-refractivity contribution in [1.29, 1.82) is 0 Å². The van der Waals surface area contributed by atoms with Crippen LogP contribution in [0.25, 0.3) is 0 Å². The molecule has 1 aromatic carbocycles. The van der Waals surface area contributed by atoms with Crippen LogP contribution in [0, 0.1) is 11.6 Å². The fourth-order valence-corrected chi connectivity index (χ4v) is 2.28. The molecular weight excluding hydrogens is 276 g/mol. The zero-order valence-electron chi connectivity index (χ0n) is 12.1. The Balaban J connectivity index is 2.07. The summed E-state index contributed by atoms with van der Waals surface area (Å²) >= 11 is 0. The Hall–Kier alpha value is -1.79. The van der Waals surface area contributed by atoms with E-state index in [1.54, 1.807) is 10.9 Å². The lowest BCUT2D eigenvalue weighted by Gasteiger charge is -2.23. The standard InChI is InChI=1S/C15H19F2N3O/c1-3-20(9-11-7-18-19(2)8-11)10-14(21)15-12(16)5-4-6-13(15)17/h4-8,14,21H,3,9-10H2,1-2H3. The number of aromatic nitrogens is 2. The quantitative estimate of drug-likeness (QED) is 0.888. The van der Waals surface area contributed by atoms with E-state index in [1.807, 2.05) is 25.1 Å². The highest BCUT2D eigenvalue weighted by atomic mass is 19.1. The van der Waals surface area contributed by atoms with Crippen molar-refractivity contribution in [2.24, 2.45) is 7.05 Å². The molecule has 2 aromatic rings. The van der Waals surface area contributed by atoms with Gasteiger partial charge in [-0.1, -0.05) is 13.0 Å². The zero-order chi connectivity index (χ0) is 15.4. The number of hydrogen-bond donors (Lipinski definition) is 1. The number of aliphatic hydroxyl groups excluding tert-OH is 1. The van der Waals surface area contributed by atoms with Gasteiger partial charge in [0, 0.05) is 31.9 Å². The van der Waals surface area contributed by atoms with E-state index < -0.39 is 17.7 Å². The lowest BCUT2D eigenvalue weighted by atomic mass is 10.1. The van der Waals surface area contributed by atoms with E-state index in [-0.39, 0.29) is 12.1 Å². The molecule has 1 heterocycles. The minimum absolute atomic E-state index is 0.156. The number of aryl methyl sites for hydroxylation is 1. The summed E-state index contributed by atoms with van der Waals surface area (Å²) in [6, 6.07) is 3.59. The second-order valence-electron chi connectivity index (χ2n) is 5.00. The Kier molecular flexibility index (Phi) is 5.03. The highest BCUT2D eigenvalue weighted by Crippen LogP contribution is 2.22. The molecule has 1 unspecified atom stereocenters. The first kappa shape index (κ1) is 15.6. The largest absolute Gasteiger partial charge is 0.387 e. The van der Waals surface area contributed by atoms with Gasteiger partial charge in [0.1, 0.15) is 11.6 Å². The van der Waals surface area contributed by atoms with Crippen LogP contribution in [0.15, 0.2) is 30.6 Å². The molecule has 0 aliphatic rings. The molecule has 4 nitrogen and oxygen atoms in total. The van der Waals surface area contributed by atoms with E-state index in [1.165, 1.54) is 6.07 Å². The number of benzene rings is 1. The fraction of sp³-hybridized carbons (Fsp3) is 0.400. The van der Waals surface area contributed by atoms with Crippen LogP contribution in [-0.4, -0.2) is 32.9 Å². The summed E-state index contributed by atoms with van der Waals surface area (Å²) in [4.78, 5) is 1.91. The molecule has 114 valence electrons. The van der Waals surface area contributed by atoms with Gasteiger partial charge < -0.3 is 5.11 Å². The minimum Gasteiger partial charge on any atom is -0.387 e. The van der Waals surface area contributed by atoms with Crippen LogP contribution in [0.1, 0.15) is 24.2 Å². The molecule has 6 heteroatoms. The Morgan fingerprint density at radius 1 is 1.33 bits per heavy atom. The Morgan fingerprint density at radius 3 is 2.52 bits per heavy atom. The smallest absolute Gasteiger partial charge is 0.131 e. The average Bonchev–Trinajstić information content (AvgIpc) is 2.83. The van der Waals surface area contributed by atoms with E-state index in [4.69, 9.17) is 0 Å². The van der Waals surface area contributed by atoms with Crippen LogP contribution in [0.3, 0.4) is 0 Å². The molecule has 1 N–H and O–H groups in total. The highest BCUT2D eigenvalue weighted by Gasteiger charge is 2.20. The van der Waals surface area contributed by atoms with Crippen LogP contribution in [0.4, 0.5) is 8.78 Å². The number of halogens is 2. The van der Waals surface area contributed by atoms with Crippen molar-refractivity contribution in [3.63, 3.8) is 0 Å². The molecule has 0 radical (unpaired) electrons. The predicted octanol–water partition coefficient (Wildman–Crippen LogP) is 2.25. The van der Waals surface area contributed by atoms with Crippen molar-refractivity contribution in [2.75, 3.05) is 13.1 Å². The monoisotopic (exact) mass is 295 g/mol. The van der Waals surface area contributed by atoms with E-state index in [2.05, 4.69) is 5.10 Å². The molecular formula is C15H19F2N3O. The maximum Gasteiger partial charge on any atom is 0.131 e. The van der Waals surface area contributed by atoms with Gasteiger partial charge in [0.2, 0.25) is 0 Å². The third kappa shape index (κ3) is 3.86. The molecule has 0 aliphatic carbocycles. The summed E-state index contributed by atoms with van der Waals surface area (Å²) in [5, 5.41) is 14.2. The van der Waals surface area contributed by atoms with Gasteiger partial charge >= 0.3 is 0 Å². The topological polar surface area (TPSA) is 41.3 Å². The maximum absolute atomic E-state index is 13.7. The number of likely N-dealkylation sites (N-methyl/N-ethyl adjacent to an activating group) is 1.